The zero-order chi connectivity index (χ0) is 19.2. The number of hydrogen-bond acceptors (Lipinski definition) is 3. The van der Waals surface area contributed by atoms with Crippen LogP contribution in [0.25, 0.3) is 0 Å². The first-order valence-corrected chi connectivity index (χ1v) is 8.94. The van der Waals surface area contributed by atoms with Crippen molar-refractivity contribution in [2.45, 2.75) is 19.4 Å². The molecular weight excluding hydrogens is 344 g/mol. The highest BCUT2D eigenvalue weighted by Gasteiger charge is 2.33. The van der Waals surface area contributed by atoms with Gasteiger partial charge in [-0.15, -0.1) is 0 Å². The number of benzene rings is 2. The number of hydrogen-bond donors (Lipinski definition) is 2. The summed E-state index contributed by atoms with van der Waals surface area (Å²) in [5, 5.41) is 11.8. The Hall–Kier alpha value is -3.15. The summed E-state index contributed by atoms with van der Waals surface area (Å²) >= 11 is 0. The number of amides is 2. The fourth-order valence-electron chi connectivity index (χ4n) is 3.19. The second-order valence-electron chi connectivity index (χ2n) is 6.70. The molecule has 1 saturated heterocycles. The van der Waals surface area contributed by atoms with Crippen molar-refractivity contribution in [2.24, 2.45) is 5.92 Å². The number of carbonyl (C=O) groups is 3. The molecule has 0 saturated carbocycles. The van der Waals surface area contributed by atoms with E-state index in [-0.39, 0.29) is 29.7 Å². The van der Waals surface area contributed by atoms with Crippen LogP contribution in [0.1, 0.15) is 27.9 Å². The van der Waals surface area contributed by atoms with E-state index in [1.54, 1.807) is 29.2 Å². The molecule has 0 bridgehead atoms. The minimum atomic E-state index is -0.958. The zero-order valence-corrected chi connectivity index (χ0v) is 14.9. The van der Waals surface area contributed by atoms with Crippen LogP contribution in [-0.2, 0) is 22.6 Å². The molecule has 1 aliphatic heterocycles. The van der Waals surface area contributed by atoms with Gasteiger partial charge in [0.1, 0.15) is 0 Å². The van der Waals surface area contributed by atoms with Crippen molar-refractivity contribution in [1.82, 2.24) is 10.2 Å². The Morgan fingerprint density at radius 3 is 2.41 bits per heavy atom. The number of aromatic carboxylic acids is 1. The molecule has 1 fully saturated rings. The fourth-order valence-corrected chi connectivity index (χ4v) is 3.19. The lowest BCUT2D eigenvalue weighted by Crippen LogP contribution is -2.34. The van der Waals surface area contributed by atoms with Gasteiger partial charge in [0.25, 0.3) is 0 Å². The van der Waals surface area contributed by atoms with Gasteiger partial charge in [-0.25, -0.2) is 4.79 Å². The van der Waals surface area contributed by atoms with Gasteiger partial charge in [-0.1, -0.05) is 42.5 Å². The summed E-state index contributed by atoms with van der Waals surface area (Å²) in [7, 11) is 0. The van der Waals surface area contributed by atoms with Crippen molar-refractivity contribution in [3.8, 4) is 0 Å². The van der Waals surface area contributed by atoms with E-state index in [1.165, 1.54) is 0 Å². The maximum atomic E-state index is 12.4. The topological polar surface area (TPSA) is 86.7 Å². The highest BCUT2D eigenvalue weighted by atomic mass is 16.4. The van der Waals surface area contributed by atoms with E-state index in [4.69, 9.17) is 5.11 Å². The zero-order valence-electron chi connectivity index (χ0n) is 14.9. The van der Waals surface area contributed by atoms with Gasteiger partial charge >= 0.3 is 5.97 Å². The maximum Gasteiger partial charge on any atom is 0.335 e. The van der Waals surface area contributed by atoms with Crippen molar-refractivity contribution >= 4 is 17.8 Å². The van der Waals surface area contributed by atoms with E-state index in [9.17, 15) is 14.4 Å². The molecule has 1 unspecified atom stereocenters. The predicted octanol–water partition coefficient (Wildman–Crippen LogP) is 2.09. The lowest BCUT2D eigenvalue weighted by molar-refractivity contribution is -0.129. The van der Waals surface area contributed by atoms with Crippen LogP contribution >= 0.6 is 0 Å². The van der Waals surface area contributed by atoms with Crippen LogP contribution in [0, 0.1) is 5.92 Å². The first-order valence-electron chi connectivity index (χ1n) is 8.94. The molecule has 0 aliphatic carbocycles. The molecule has 0 radical (unpaired) electrons. The largest absolute Gasteiger partial charge is 0.478 e. The normalized spacial score (nSPS) is 16.4. The highest BCUT2D eigenvalue weighted by Crippen LogP contribution is 2.20. The first kappa shape index (κ1) is 18.6. The smallest absolute Gasteiger partial charge is 0.335 e. The molecule has 1 aliphatic rings. The molecule has 140 valence electrons. The van der Waals surface area contributed by atoms with Crippen LogP contribution < -0.4 is 5.32 Å². The quantitative estimate of drug-likeness (QED) is 0.786. The molecule has 3 rings (SSSR count). The van der Waals surface area contributed by atoms with Crippen molar-refractivity contribution in [2.75, 3.05) is 13.1 Å². The second kappa shape index (κ2) is 8.49. The molecule has 6 heteroatoms. The Bertz CT molecular complexity index is 818. The van der Waals surface area contributed by atoms with E-state index >= 15 is 0 Å². The Morgan fingerprint density at radius 2 is 1.74 bits per heavy atom. The summed E-state index contributed by atoms with van der Waals surface area (Å²) in [5.41, 5.74) is 2.25. The fraction of sp³-hybridized carbons (Fsp3) is 0.286. The summed E-state index contributed by atoms with van der Waals surface area (Å²) in [5.74, 6) is -1.39. The number of carboxylic acids is 1. The van der Waals surface area contributed by atoms with Gasteiger partial charge < -0.3 is 15.3 Å². The molecule has 1 atom stereocenters. The maximum absolute atomic E-state index is 12.4. The van der Waals surface area contributed by atoms with Crippen molar-refractivity contribution in [3.63, 3.8) is 0 Å². The Balaban J connectivity index is 1.45. The van der Waals surface area contributed by atoms with Gasteiger partial charge in [0.05, 0.1) is 11.5 Å². The van der Waals surface area contributed by atoms with Gasteiger partial charge in [-0.3, -0.25) is 9.59 Å². The Kier molecular flexibility index (Phi) is 5.86. The van der Waals surface area contributed by atoms with Crippen LogP contribution in [-0.4, -0.2) is 40.9 Å². The molecule has 0 aromatic heterocycles. The Morgan fingerprint density at radius 1 is 1.04 bits per heavy atom. The summed E-state index contributed by atoms with van der Waals surface area (Å²) in [6.45, 7) is 1.42. The predicted molar refractivity (Wildman–Crippen MR) is 100 cm³/mol. The SMILES string of the molecule is O=C(O)c1ccc(CCNC(=O)C2CC(=O)N(Cc3ccccc3)C2)cc1. The monoisotopic (exact) mass is 366 g/mol. The van der Waals surface area contributed by atoms with Gasteiger partial charge in [0.2, 0.25) is 11.8 Å². The third-order valence-corrected chi connectivity index (χ3v) is 4.72. The van der Waals surface area contributed by atoms with Gasteiger partial charge in [0, 0.05) is 26.1 Å². The molecule has 27 heavy (non-hydrogen) atoms. The van der Waals surface area contributed by atoms with E-state index in [1.807, 2.05) is 30.3 Å². The number of carboxylic acid groups (broad SMARTS) is 1. The summed E-state index contributed by atoms with van der Waals surface area (Å²) < 4.78 is 0. The third-order valence-electron chi connectivity index (χ3n) is 4.72. The van der Waals surface area contributed by atoms with Crippen LogP contribution in [0.15, 0.2) is 54.6 Å². The number of likely N-dealkylation sites (tertiary alicyclic amines) is 1. The lowest BCUT2D eigenvalue weighted by Gasteiger charge is -2.16. The highest BCUT2D eigenvalue weighted by molar-refractivity contribution is 5.89. The van der Waals surface area contributed by atoms with Crippen LogP contribution in [0.2, 0.25) is 0 Å². The van der Waals surface area contributed by atoms with E-state index in [0.717, 1.165) is 11.1 Å². The number of rotatable bonds is 7. The average molecular weight is 366 g/mol. The van der Waals surface area contributed by atoms with Gasteiger partial charge in [-0.2, -0.15) is 0 Å². The van der Waals surface area contributed by atoms with Crippen molar-refractivity contribution in [1.29, 1.82) is 0 Å². The molecule has 2 aromatic carbocycles. The van der Waals surface area contributed by atoms with E-state index in [2.05, 4.69) is 5.32 Å². The molecule has 2 N–H and O–H groups in total. The number of nitrogens with one attached hydrogen (secondary N) is 1. The summed E-state index contributed by atoms with van der Waals surface area (Å²) in [4.78, 5) is 37.1. The number of nitrogens with zero attached hydrogens (tertiary/aromatic N) is 1. The molecule has 2 amide bonds. The molecule has 0 spiro atoms. The summed E-state index contributed by atoms with van der Waals surface area (Å²) in [6.07, 6.45) is 0.853. The van der Waals surface area contributed by atoms with E-state index < -0.39 is 5.97 Å². The van der Waals surface area contributed by atoms with Crippen LogP contribution in [0.4, 0.5) is 0 Å². The molecule has 6 nitrogen and oxygen atoms in total. The van der Waals surface area contributed by atoms with Crippen molar-refractivity contribution < 1.29 is 19.5 Å². The molecular formula is C21H22N2O4. The second-order valence-corrected chi connectivity index (χ2v) is 6.70. The molecule has 1 heterocycles. The number of carbonyl (C=O) groups excluding carboxylic acids is 2. The minimum Gasteiger partial charge on any atom is -0.478 e. The lowest BCUT2D eigenvalue weighted by atomic mass is 10.1. The van der Waals surface area contributed by atoms with E-state index in [0.29, 0.717) is 26.1 Å². The Labute approximate surface area is 157 Å². The van der Waals surface area contributed by atoms with Crippen LogP contribution in [0.3, 0.4) is 0 Å². The minimum absolute atomic E-state index is 0.00302. The standard InChI is InChI=1S/C21H22N2O4/c24-19-12-18(14-23(19)13-16-4-2-1-3-5-16)20(25)22-11-10-15-6-8-17(9-7-15)21(26)27/h1-9,18H,10-14H2,(H,22,25)(H,26,27). The van der Waals surface area contributed by atoms with Crippen LogP contribution in [0.5, 0.6) is 0 Å². The average Bonchev–Trinajstić information content (AvgIpc) is 3.03. The van der Waals surface area contributed by atoms with Crippen molar-refractivity contribution in [3.05, 3.63) is 71.3 Å². The summed E-state index contributed by atoms with van der Waals surface area (Å²) in [6, 6.07) is 16.3. The molecule has 2 aromatic rings. The third kappa shape index (κ3) is 4.94. The first-order chi connectivity index (χ1) is 13.0. The van der Waals surface area contributed by atoms with Gasteiger partial charge in [0.15, 0.2) is 0 Å². The van der Waals surface area contributed by atoms with Gasteiger partial charge in [-0.05, 0) is 29.7 Å².